The van der Waals surface area contributed by atoms with E-state index in [9.17, 15) is 0 Å². The molecule has 0 radical (unpaired) electrons. The van der Waals surface area contributed by atoms with Crippen LogP contribution in [0.4, 0.5) is 0 Å². The average Bonchev–Trinajstić information content (AvgIpc) is 3.35. The first-order valence-electron chi connectivity index (χ1n) is 12.7. The molecule has 7 rings (SSSR count). The molecule has 2 nitrogen and oxygen atoms in total. The van der Waals surface area contributed by atoms with Crippen molar-refractivity contribution in [3.8, 4) is 22.4 Å². The van der Waals surface area contributed by atoms with Gasteiger partial charge in [-0.3, -0.25) is 4.98 Å². The van der Waals surface area contributed by atoms with Gasteiger partial charge in [0, 0.05) is 42.7 Å². The zero-order chi connectivity index (χ0) is 25.6. The van der Waals surface area contributed by atoms with Crippen LogP contribution in [0.3, 0.4) is 0 Å². The van der Waals surface area contributed by atoms with Crippen molar-refractivity contribution in [1.29, 1.82) is 0 Å². The Hall–Kier alpha value is -4.60. The highest BCUT2D eigenvalue weighted by Crippen LogP contribution is 2.42. The van der Waals surface area contributed by atoms with Crippen molar-refractivity contribution in [1.82, 2.24) is 9.97 Å². The summed E-state index contributed by atoms with van der Waals surface area (Å²) in [7, 11) is 0. The predicted octanol–water partition coefficient (Wildman–Crippen LogP) is 10.2. The Morgan fingerprint density at radius 2 is 1.58 bits per heavy atom. The summed E-state index contributed by atoms with van der Waals surface area (Å²) in [4.78, 5) is 9.73. The van der Waals surface area contributed by atoms with Gasteiger partial charge in [-0.2, -0.15) is 0 Å². The largest absolute Gasteiger partial charge is 0.254 e. The lowest BCUT2D eigenvalue weighted by atomic mass is 9.95. The van der Waals surface area contributed by atoms with E-state index in [1.54, 1.807) is 0 Å². The number of thiophene rings is 1. The summed E-state index contributed by atoms with van der Waals surface area (Å²) >= 11 is 1.84. The van der Waals surface area contributed by atoms with Crippen LogP contribution >= 0.6 is 11.3 Å². The van der Waals surface area contributed by atoms with Gasteiger partial charge in [-0.25, -0.2) is 4.98 Å². The molecule has 0 bridgehead atoms. The third-order valence-electron chi connectivity index (χ3n) is 7.19. The molecule has 180 valence electrons. The quantitative estimate of drug-likeness (QED) is 0.223. The van der Waals surface area contributed by atoms with E-state index in [0.29, 0.717) is 0 Å². The number of benzene rings is 4. The van der Waals surface area contributed by atoms with E-state index in [1.165, 1.54) is 36.9 Å². The molecule has 0 fully saturated rings. The first-order chi connectivity index (χ1) is 18.7. The molecular weight excluding hydrogens is 480 g/mol. The van der Waals surface area contributed by atoms with E-state index in [4.69, 9.17) is 4.98 Å². The third-order valence-corrected chi connectivity index (χ3v) is 8.32. The number of nitrogens with zero attached hydrogens (tertiary/aromatic N) is 2. The molecule has 3 heteroatoms. The molecular formula is C35H24N2S. The van der Waals surface area contributed by atoms with Gasteiger partial charge in [-0.15, -0.1) is 11.3 Å². The minimum atomic E-state index is 0.940. The van der Waals surface area contributed by atoms with Gasteiger partial charge in [0.2, 0.25) is 0 Å². The molecule has 38 heavy (non-hydrogen) atoms. The maximum atomic E-state index is 5.10. The highest BCUT2D eigenvalue weighted by atomic mass is 32.1. The lowest BCUT2D eigenvalue weighted by Crippen LogP contribution is -1.88. The number of fused-ring (bicyclic) bond motifs is 6. The number of hydrogen-bond donors (Lipinski definition) is 0. The van der Waals surface area contributed by atoms with Crippen LogP contribution < -0.4 is 0 Å². The van der Waals surface area contributed by atoms with Gasteiger partial charge in [-0.05, 0) is 65.6 Å². The van der Waals surface area contributed by atoms with Gasteiger partial charge in [0.25, 0.3) is 0 Å². The van der Waals surface area contributed by atoms with E-state index < -0.39 is 0 Å². The molecule has 0 aliphatic carbocycles. The van der Waals surface area contributed by atoms with Crippen molar-refractivity contribution in [2.24, 2.45) is 0 Å². The third kappa shape index (κ3) is 3.63. The van der Waals surface area contributed by atoms with E-state index in [0.717, 1.165) is 38.6 Å². The number of rotatable bonds is 4. The van der Waals surface area contributed by atoms with Crippen LogP contribution in [0.2, 0.25) is 0 Å². The first-order valence-corrected chi connectivity index (χ1v) is 13.5. The van der Waals surface area contributed by atoms with Crippen molar-refractivity contribution in [2.45, 2.75) is 6.92 Å². The molecule has 0 N–H and O–H groups in total. The molecule has 4 aromatic carbocycles. The molecule has 0 spiro atoms. The van der Waals surface area contributed by atoms with Crippen LogP contribution in [0.5, 0.6) is 0 Å². The SMILES string of the molecule is C=Cc1cc(-c2cccc3sc4ccc(-c5ccc6ccc7cccnc7c6n5)cc4c23)ccc1/C=C\C. The molecule has 7 aromatic rings. The van der Waals surface area contributed by atoms with Crippen molar-refractivity contribution in [2.75, 3.05) is 0 Å². The summed E-state index contributed by atoms with van der Waals surface area (Å²) in [5.74, 6) is 0. The van der Waals surface area contributed by atoms with Gasteiger partial charge >= 0.3 is 0 Å². The minimum Gasteiger partial charge on any atom is -0.254 e. The van der Waals surface area contributed by atoms with Gasteiger partial charge in [0.05, 0.1) is 16.7 Å². The second-order valence-electron chi connectivity index (χ2n) is 9.45. The molecule has 0 aliphatic heterocycles. The highest BCUT2D eigenvalue weighted by Gasteiger charge is 2.14. The second kappa shape index (κ2) is 9.05. The molecule has 0 saturated carbocycles. The van der Waals surface area contributed by atoms with Gasteiger partial charge in [-0.1, -0.05) is 79.4 Å². The molecule has 0 saturated heterocycles. The summed E-state index contributed by atoms with van der Waals surface area (Å²) < 4.78 is 2.56. The fourth-order valence-corrected chi connectivity index (χ4v) is 6.47. The smallest absolute Gasteiger partial charge is 0.0972 e. The lowest BCUT2D eigenvalue weighted by molar-refractivity contribution is 1.37. The molecule has 3 heterocycles. The summed E-state index contributed by atoms with van der Waals surface area (Å²) in [5.41, 5.74) is 8.70. The topological polar surface area (TPSA) is 25.8 Å². The Bertz CT molecular complexity index is 2060. The minimum absolute atomic E-state index is 0.940. The molecule has 0 aliphatic rings. The fourth-order valence-electron chi connectivity index (χ4n) is 5.36. The summed E-state index contributed by atoms with van der Waals surface area (Å²) in [6.07, 6.45) is 7.97. The normalized spacial score (nSPS) is 11.8. The second-order valence-corrected chi connectivity index (χ2v) is 10.5. The number of allylic oxidation sites excluding steroid dienone is 1. The Labute approximate surface area is 225 Å². The van der Waals surface area contributed by atoms with Crippen LogP contribution in [0.25, 0.3) is 76.5 Å². The van der Waals surface area contributed by atoms with Gasteiger partial charge in [0.1, 0.15) is 0 Å². The maximum Gasteiger partial charge on any atom is 0.0972 e. The lowest BCUT2D eigenvalue weighted by Gasteiger charge is -2.09. The Morgan fingerprint density at radius 3 is 2.45 bits per heavy atom. The fraction of sp³-hybridized carbons (Fsp3) is 0.0286. The van der Waals surface area contributed by atoms with Gasteiger partial charge < -0.3 is 0 Å². The van der Waals surface area contributed by atoms with Crippen LogP contribution in [-0.2, 0) is 0 Å². The Kier molecular flexibility index (Phi) is 5.38. The number of pyridine rings is 2. The summed E-state index contributed by atoms with van der Waals surface area (Å²) in [6, 6.07) is 32.5. The number of aromatic nitrogens is 2. The van der Waals surface area contributed by atoms with Crippen molar-refractivity contribution >= 4 is 65.5 Å². The van der Waals surface area contributed by atoms with Crippen LogP contribution in [0.15, 0.2) is 110 Å². The van der Waals surface area contributed by atoms with E-state index in [1.807, 2.05) is 36.6 Å². The van der Waals surface area contributed by atoms with E-state index >= 15 is 0 Å². The molecule has 0 unspecified atom stereocenters. The summed E-state index contributed by atoms with van der Waals surface area (Å²) in [6.45, 7) is 6.09. The maximum absolute atomic E-state index is 5.10. The number of hydrogen-bond acceptors (Lipinski definition) is 3. The Morgan fingerprint density at radius 1 is 0.737 bits per heavy atom. The zero-order valence-electron chi connectivity index (χ0n) is 21.0. The van der Waals surface area contributed by atoms with Crippen molar-refractivity contribution in [3.05, 3.63) is 121 Å². The summed E-state index contributed by atoms with van der Waals surface area (Å²) in [5, 5.41) is 4.75. The standard InChI is InChI=1S/C35H24N2S/c1-3-7-23-11-14-26(20-22(23)4-2)28-9-5-10-32-33(28)29-21-27(16-18-31(29)38-32)30-17-15-25-13-12-24-8-6-19-36-34(24)35(25)37-30/h3-21H,2H2,1H3/b7-3-. The van der Waals surface area contributed by atoms with Crippen molar-refractivity contribution in [3.63, 3.8) is 0 Å². The van der Waals surface area contributed by atoms with Crippen LogP contribution in [-0.4, -0.2) is 9.97 Å². The van der Waals surface area contributed by atoms with Crippen LogP contribution in [0.1, 0.15) is 18.1 Å². The Balaban J connectivity index is 1.43. The zero-order valence-corrected chi connectivity index (χ0v) is 21.8. The molecule has 0 amide bonds. The van der Waals surface area contributed by atoms with E-state index in [-0.39, 0.29) is 0 Å². The molecule has 0 atom stereocenters. The van der Waals surface area contributed by atoms with E-state index in [2.05, 4.69) is 109 Å². The van der Waals surface area contributed by atoms with Crippen LogP contribution in [0, 0.1) is 0 Å². The van der Waals surface area contributed by atoms with Crippen molar-refractivity contribution < 1.29 is 0 Å². The first kappa shape index (κ1) is 22.6. The predicted molar refractivity (Wildman–Crippen MR) is 166 cm³/mol. The van der Waals surface area contributed by atoms with Gasteiger partial charge in [0.15, 0.2) is 0 Å². The average molecular weight is 505 g/mol. The highest BCUT2D eigenvalue weighted by molar-refractivity contribution is 7.26. The molecule has 3 aromatic heterocycles. The monoisotopic (exact) mass is 504 g/mol.